The van der Waals surface area contributed by atoms with Gasteiger partial charge in [0.25, 0.3) is 0 Å². The van der Waals surface area contributed by atoms with Gasteiger partial charge in [-0.1, -0.05) is 51.3 Å². The summed E-state index contributed by atoms with van der Waals surface area (Å²) in [6.07, 6.45) is -0.319. The van der Waals surface area contributed by atoms with Crippen LogP contribution < -0.4 is 10.5 Å². The van der Waals surface area contributed by atoms with E-state index in [2.05, 4.69) is 15.9 Å². The summed E-state index contributed by atoms with van der Waals surface area (Å²) < 4.78 is 6.88. The zero-order valence-electron chi connectivity index (χ0n) is 10.8. The molecule has 0 heterocycles. The molecule has 2 N–H and O–H groups in total. The maximum Gasteiger partial charge on any atom is 0.140 e. The molecule has 0 amide bonds. The van der Waals surface area contributed by atoms with E-state index in [4.69, 9.17) is 33.7 Å². The second kappa shape index (κ2) is 6.81. The Morgan fingerprint density at radius 2 is 1.90 bits per heavy atom. The largest absolute Gasteiger partial charge is 0.483 e. The quantitative estimate of drug-likeness (QED) is 0.795. The van der Waals surface area contributed by atoms with Crippen LogP contribution >= 0.6 is 39.1 Å². The Morgan fingerprint density at radius 1 is 1.15 bits per heavy atom. The van der Waals surface area contributed by atoms with E-state index in [9.17, 15) is 0 Å². The second-order valence-corrected chi connectivity index (χ2v) is 6.29. The lowest BCUT2D eigenvalue weighted by molar-refractivity contribution is 0.180. The molecule has 0 aliphatic carbocycles. The Balaban J connectivity index is 2.33. The maximum atomic E-state index is 6.15. The zero-order valence-corrected chi connectivity index (χ0v) is 13.9. The minimum Gasteiger partial charge on any atom is -0.483 e. The minimum absolute atomic E-state index is 0.205. The molecule has 0 spiro atoms. The van der Waals surface area contributed by atoms with Crippen LogP contribution in [0.15, 0.2) is 46.9 Å². The van der Waals surface area contributed by atoms with Crippen molar-refractivity contribution in [1.29, 1.82) is 0 Å². The predicted octanol–water partition coefficient (Wildman–Crippen LogP) is 5.22. The summed E-state index contributed by atoms with van der Waals surface area (Å²) in [6, 6.07) is 12.7. The van der Waals surface area contributed by atoms with Crippen molar-refractivity contribution in [2.24, 2.45) is 5.73 Å². The Hall–Kier alpha value is -0.740. The van der Waals surface area contributed by atoms with E-state index in [0.29, 0.717) is 15.8 Å². The third kappa shape index (κ3) is 3.89. The van der Waals surface area contributed by atoms with Gasteiger partial charge in [0.05, 0.1) is 5.02 Å². The third-order valence-electron chi connectivity index (χ3n) is 2.80. The molecule has 2 aromatic carbocycles. The molecule has 0 radical (unpaired) electrons. The van der Waals surface area contributed by atoms with Crippen LogP contribution in [0.25, 0.3) is 0 Å². The van der Waals surface area contributed by atoms with E-state index in [1.165, 1.54) is 0 Å². The van der Waals surface area contributed by atoms with Crippen LogP contribution in [-0.2, 0) is 0 Å². The molecule has 0 aliphatic rings. The topological polar surface area (TPSA) is 35.2 Å². The lowest BCUT2D eigenvalue weighted by Gasteiger charge is -2.23. The number of benzene rings is 2. The van der Waals surface area contributed by atoms with Crippen molar-refractivity contribution in [1.82, 2.24) is 0 Å². The van der Waals surface area contributed by atoms with Gasteiger partial charge in [-0.2, -0.15) is 0 Å². The van der Waals surface area contributed by atoms with E-state index in [1.54, 1.807) is 6.07 Å². The van der Waals surface area contributed by atoms with Gasteiger partial charge in [0.2, 0.25) is 0 Å². The zero-order chi connectivity index (χ0) is 14.7. The number of halogens is 3. The fraction of sp³-hybridized carbons (Fsp3) is 0.200. The molecule has 2 rings (SSSR count). The van der Waals surface area contributed by atoms with Crippen LogP contribution in [0.1, 0.15) is 18.6 Å². The molecule has 0 bridgehead atoms. The van der Waals surface area contributed by atoms with E-state index < -0.39 is 0 Å². The molecule has 0 saturated carbocycles. The lowest BCUT2D eigenvalue weighted by atomic mass is 10.0. The number of nitrogens with two attached hydrogens (primary N) is 1. The molecule has 0 saturated heterocycles. The van der Waals surface area contributed by atoms with Gasteiger partial charge in [-0.05, 0) is 42.8 Å². The van der Waals surface area contributed by atoms with E-state index in [0.717, 1.165) is 10.0 Å². The van der Waals surface area contributed by atoms with Gasteiger partial charge in [0.1, 0.15) is 11.9 Å². The molecule has 2 aromatic rings. The van der Waals surface area contributed by atoms with Gasteiger partial charge in [0, 0.05) is 15.5 Å². The van der Waals surface area contributed by atoms with E-state index in [1.807, 2.05) is 43.3 Å². The van der Waals surface area contributed by atoms with Crippen LogP contribution in [0, 0.1) is 0 Å². The predicted molar refractivity (Wildman–Crippen MR) is 87.6 cm³/mol. The average molecular weight is 375 g/mol. The molecule has 0 aromatic heterocycles. The highest BCUT2D eigenvalue weighted by molar-refractivity contribution is 9.10. The summed E-state index contributed by atoms with van der Waals surface area (Å²) >= 11 is 15.6. The Morgan fingerprint density at radius 3 is 2.55 bits per heavy atom. The highest BCUT2D eigenvalue weighted by atomic mass is 79.9. The molecule has 0 aliphatic heterocycles. The lowest BCUT2D eigenvalue weighted by Crippen LogP contribution is -2.29. The highest BCUT2D eigenvalue weighted by Crippen LogP contribution is 2.33. The van der Waals surface area contributed by atoms with Crippen LogP contribution in [0.5, 0.6) is 5.75 Å². The summed E-state index contributed by atoms with van der Waals surface area (Å²) in [7, 11) is 0. The second-order valence-electron chi connectivity index (χ2n) is 4.53. The first-order valence-electron chi connectivity index (χ1n) is 6.10. The maximum absolute atomic E-state index is 6.15. The smallest absolute Gasteiger partial charge is 0.140 e. The van der Waals surface area contributed by atoms with Crippen molar-refractivity contribution in [2.45, 2.75) is 19.1 Å². The van der Waals surface area contributed by atoms with Crippen LogP contribution in [0.2, 0.25) is 10.0 Å². The van der Waals surface area contributed by atoms with E-state index >= 15 is 0 Å². The normalized spacial score (nSPS) is 13.8. The van der Waals surface area contributed by atoms with Gasteiger partial charge in [-0.3, -0.25) is 0 Å². The van der Waals surface area contributed by atoms with E-state index in [-0.39, 0.29) is 12.1 Å². The molecule has 2 unspecified atom stereocenters. The van der Waals surface area contributed by atoms with Crippen LogP contribution in [-0.4, -0.2) is 6.04 Å². The van der Waals surface area contributed by atoms with Crippen LogP contribution in [0.3, 0.4) is 0 Å². The van der Waals surface area contributed by atoms with Gasteiger partial charge in [-0.15, -0.1) is 0 Å². The van der Waals surface area contributed by atoms with Crippen molar-refractivity contribution < 1.29 is 4.74 Å². The summed E-state index contributed by atoms with van der Waals surface area (Å²) in [5, 5.41) is 1.19. The number of rotatable bonds is 4. The number of ether oxygens (including phenoxy) is 1. The highest BCUT2D eigenvalue weighted by Gasteiger charge is 2.20. The first-order valence-corrected chi connectivity index (χ1v) is 7.65. The fourth-order valence-corrected chi connectivity index (χ4v) is 2.57. The fourth-order valence-electron chi connectivity index (χ4n) is 1.87. The summed E-state index contributed by atoms with van der Waals surface area (Å²) in [4.78, 5) is 0. The summed E-state index contributed by atoms with van der Waals surface area (Å²) in [5.41, 5.74) is 6.95. The molecule has 5 heteroatoms. The van der Waals surface area contributed by atoms with Crippen molar-refractivity contribution >= 4 is 39.1 Å². The van der Waals surface area contributed by atoms with Crippen molar-refractivity contribution in [3.05, 3.63) is 62.5 Å². The Kier molecular flexibility index (Phi) is 5.33. The average Bonchev–Trinajstić information content (AvgIpc) is 2.39. The molecular formula is C15H14BrCl2NO. The standard InChI is InChI=1S/C15H14BrCl2NO/c1-9(19)15(10-3-2-4-12(17)7-10)20-14-8-11(16)5-6-13(14)18/h2-9,15H,19H2,1H3. The van der Waals surface area contributed by atoms with Gasteiger partial charge >= 0.3 is 0 Å². The summed E-state index contributed by atoms with van der Waals surface area (Å²) in [5.74, 6) is 0.586. The first-order chi connectivity index (χ1) is 9.47. The molecule has 20 heavy (non-hydrogen) atoms. The molecule has 0 fully saturated rings. The number of hydrogen-bond acceptors (Lipinski definition) is 2. The van der Waals surface area contributed by atoms with Crippen LogP contribution in [0.4, 0.5) is 0 Å². The number of hydrogen-bond donors (Lipinski definition) is 1. The van der Waals surface area contributed by atoms with Crippen molar-refractivity contribution in [3.63, 3.8) is 0 Å². The third-order valence-corrected chi connectivity index (χ3v) is 3.84. The SMILES string of the molecule is CC(N)C(Oc1cc(Br)ccc1Cl)c1cccc(Cl)c1. The van der Waals surface area contributed by atoms with Crippen molar-refractivity contribution in [2.75, 3.05) is 0 Å². The van der Waals surface area contributed by atoms with Gasteiger partial charge in [-0.25, -0.2) is 0 Å². The molecule has 2 atom stereocenters. The molecule has 2 nitrogen and oxygen atoms in total. The minimum atomic E-state index is -0.319. The molecule has 106 valence electrons. The first kappa shape index (κ1) is 15.6. The Labute approximate surface area is 137 Å². The summed E-state index contributed by atoms with van der Waals surface area (Å²) in [6.45, 7) is 1.89. The molecular weight excluding hydrogens is 361 g/mol. The Bertz CT molecular complexity index is 604. The monoisotopic (exact) mass is 373 g/mol. The van der Waals surface area contributed by atoms with Gasteiger partial charge < -0.3 is 10.5 Å². The van der Waals surface area contributed by atoms with Crippen molar-refractivity contribution in [3.8, 4) is 5.75 Å². The van der Waals surface area contributed by atoms with Gasteiger partial charge in [0.15, 0.2) is 0 Å².